The molecule has 0 N–H and O–H groups in total. The van der Waals surface area contributed by atoms with Crippen molar-refractivity contribution in [3.8, 4) is 33.8 Å². The molecule has 2 radical (unpaired) electrons. The zero-order chi connectivity index (χ0) is 39.2. The second-order valence-corrected chi connectivity index (χ2v) is 15.7. The summed E-state index contributed by atoms with van der Waals surface area (Å²) in [5, 5.41) is 4.06. The average molecular weight is 761 g/mol. The van der Waals surface area contributed by atoms with Gasteiger partial charge in [0.25, 0.3) is 0 Å². The SMILES string of the molecule is [B]c1c(N(c2ccc(CCCC)cc2-c2ccccc2)c2cc3oc4ccccc4c3c3c2CN2c4ccccc4Oc4cccc-3c42)ccc2oc3ccccc3c12. The molecule has 10 aromatic rings. The Balaban J connectivity index is 1.22. The van der Waals surface area contributed by atoms with Crippen LogP contribution in [0.3, 0.4) is 0 Å². The second kappa shape index (κ2) is 13.2. The molecule has 59 heavy (non-hydrogen) atoms. The van der Waals surface area contributed by atoms with Gasteiger partial charge in [-0.3, -0.25) is 0 Å². The zero-order valence-electron chi connectivity index (χ0n) is 32.5. The molecule has 0 atom stereocenters. The van der Waals surface area contributed by atoms with E-state index in [-0.39, 0.29) is 0 Å². The van der Waals surface area contributed by atoms with Gasteiger partial charge in [0.2, 0.25) is 0 Å². The van der Waals surface area contributed by atoms with Crippen LogP contribution < -0.4 is 20.0 Å². The van der Waals surface area contributed by atoms with E-state index in [0.29, 0.717) is 12.0 Å². The van der Waals surface area contributed by atoms with E-state index in [1.54, 1.807) is 0 Å². The maximum atomic E-state index is 7.51. The largest absolute Gasteiger partial charge is 0.456 e. The van der Waals surface area contributed by atoms with Crippen LogP contribution in [0.2, 0.25) is 0 Å². The molecule has 0 spiro atoms. The van der Waals surface area contributed by atoms with Crippen LogP contribution in [0.1, 0.15) is 30.9 Å². The molecule has 0 fully saturated rings. The van der Waals surface area contributed by atoms with E-state index >= 15 is 0 Å². The Kier molecular flexibility index (Phi) is 7.58. The van der Waals surface area contributed by atoms with Crippen molar-refractivity contribution >= 4 is 85.6 Å². The molecule has 12 rings (SSSR count). The molecule has 4 heterocycles. The summed E-state index contributed by atoms with van der Waals surface area (Å²) in [6, 6.07) is 55.4. The summed E-state index contributed by atoms with van der Waals surface area (Å²) in [7, 11) is 7.51. The minimum absolute atomic E-state index is 0.590. The number of ether oxygens (including phenoxy) is 1. The molecule has 2 aliphatic heterocycles. The quantitative estimate of drug-likeness (QED) is 0.151. The molecule has 0 saturated carbocycles. The van der Waals surface area contributed by atoms with Gasteiger partial charge in [0.15, 0.2) is 11.5 Å². The lowest BCUT2D eigenvalue weighted by Gasteiger charge is -2.40. The first kappa shape index (κ1) is 33.9. The lowest BCUT2D eigenvalue weighted by atomic mass is 9.85. The van der Waals surface area contributed by atoms with Crippen molar-refractivity contribution in [2.24, 2.45) is 0 Å². The fraction of sp³-hybridized carbons (Fsp3) is 0.0943. The van der Waals surface area contributed by atoms with Gasteiger partial charge >= 0.3 is 0 Å². The molecule has 0 aliphatic carbocycles. The fourth-order valence-electron chi connectivity index (χ4n) is 9.56. The molecular formula is C53H37BN2O3. The summed E-state index contributed by atoms with van der Waals surface area (Å²) < 4.78 is 19.9. The first-order chi connectivity index (χ1) is 29.1. The van der Waals surface area contributed by atoms with E-state index in [2.05, 4.69) is 144 Å². The van der Waals surface area contributed by atoms with Crippen molar-refractivity contribution in [1.82, 2.24) is 0 Å². The van der Waals surface area contributed by atoms with Crippen molar-refractivity contribution < 1.29 is 13.6 Å². The van der Waals surface area contributed by atoms with Crippen LogP contribution in [0.15, 0.2) is 167 Å². The van der Waals surface area contributed by atoms with Crippen LogP contribution >= 0.6 is 0 Å². The number of benzene rings is 8. The summed E-state index contributed by atoms with van der Waals surface area (Å²) in [5.74, 6) is 1.68. The molecule has 8 aromatic carbocycles. The van der Waals surface area contributed by atoms with Crippen LogP contribution in [0.4, 0.5) is 28.4 Å². The third kappa shape index (κ3) is 5.12. The number of unbranched alkanes of at least 4 members (excludes halogenated alkanes) is 1. The van der Waals surface area contributed by atoms with Crippen LogP contribution in [-0.2, 0) is 13.0 Å². The van der Waals surface area contributed by atoms with Gasteiger partial charge < -0.3 is 23.4 Å². The van der Waals surface area contributed by atoms with E-state index in [4.69, 9.17) is 21.4 Å². The first-order valence-electron chi connectivity index (χ1n) is 20.5. The normalized spacial score (nSPS) is 12.8. The van der Waals surface area contributed by atoms with Crippen LogP contribution in [-0.4, -0.2) is 7.85 Å². The van der Waals surface area contributed by atoms with E-state index < -0.39 is 0 Å². The number of rotatable bonds is 7. The summed E-state index contributed by atoms with van der Waals surface area (Å²) in [5.41, 5.74) is 15.8. The van der Waals surface area contributed by atoms with E-state index in [9.17, 15) is 0 Å². The number of aryl methyl sites for hydroxylation is 1. The number of anilines is 5. The van der Waals surface area contributed by atoms with E-state index in [1.165, 1.54) is 5.56 Å². The highest BCUT2D eigenvalue weighted by Gasteiger charge is 2.37. The Morgan fingerprint density at radius 3 is 2.14 bits per heavy atom. The minimum Gasteiger partial charge on any atom is -0.456 e. The number of hydrogen-bond donors (Lipinski definition) is 0. The van der Waals surface area contributed by atoms with Crippen molar-refractivity contribution in [3.05, 3.63) is 169 Å². The third-order valence-electron chi connectivity index (χ3n) is 12.2. The molecule has 0 bridgehead atoms. The summed E-state index contributed by atoms with van der Waals surface area (Å²) in [6.07, 6.45) is 3.25. The number of fused-ring (bicyclic) bond motifs is 11. The van der Waals surface area contributed by atoms with Gasteiger partial charge in [-0.25, -0.2) is 0 Å². The van der Waals surface area contributed by atoms with Crippen LogP contribution in [0, 0.1) is 0 Å². The van der Waals surface area contributed by atoms with E-state index in [0.717, 1.165) is 131 Å². The van der Waals surface area contributed by atoms with Crippen molar-refractivity contribution in [2.75, 3.05) is 9.80 Å². The summed E-state index contributed by atoms with van der Waals surface area (Å²) in [6.45, 7) is 2.84. The van der Waals surface area contributed by atoms with Crippen LogP contribution in [0.5, 0.6) is 11.5 Å². The number of nitrogens with zero attached hydrogens (tertiary/aromatic N) is 2. The molecule has 6 heteroatoms. The number of furan rings is 2. The van der Waals surface area contributed by atoms with Gasteiger partial charge in [0, 0.05) is 55.6 Å². The Morgan fingerprint density at radius 1 is 0.593 bits per heavy atom. The molecule has 0 saturated heterocycles. The predicted octanol–water partition coefficient (Wildman–Crippen LogP) is 14.2. The monoisotopic (exact) mass is 760 g/mol. The van der Waals surface area contributed by atoms with Crippen molar-refractivity contribution in [1.29, 1.82) is 0 Å². The lowest BCUT2D eigenvalue weighted by molar-refractivity contribution is 0.472. The Hall–Kier alpha value is -7.18. The molecule has 0 amide bonds. The van der Waals surface area contributed by atoms with Gasteiger partial charge in [-0.2, -0.15) is 0 Å². The smallest absolute Gasteiger partial charge is 0.151 e. The molecule has 2 aliphatic rings. The Labute approximate surface area is 343 Å². The molecule has 5 nitrogen and oxygen atoms in total. The Morgan fingerprint density at radius 2 is 1.31 bits per heavy atom. The molecule has 2 aromatic heterocycles. The zero-order valence-corrected chi connectivity index (χ0v) is 32.5. The molecule has 0 unspecified atom stereocenters. The first-order valence-corrected chi connectivity index (χ1v) is 20.5. The van der Waals surface area contributed by atoms with Gasteiger partial charge in [-0.15, -0.1) is 0 Å². The van der Waals surface area contributed by atoms with Gasteiger partial charge in [0.05, 0.1) is 29.3 Å². The Bertz CT molecular complexity index is 3310. The van der Waals surface area contributed by atoms with E-state index in [1.807, 2.05) is 30.3 Å². The number of para-hydroxylation sites is 5. The third-order valence-corrected chi connectivity index (χ3v) is 12.2. The highest BCUT2D eigenvalue weighted by atomic mass is 16.5. The fourth-order valence-corrected chi connectivity index (χ4v) is 9.56. The van der Waals surface area contributed by atoms with Gasteiger partial charge in [0.1, 0.15) is 30.2 Å². The topological polar surface area (TPSA) is 42.0 Å². The maximum absolute atomic E-state index is 7.51. The second-order valence-electron chi connectivity index (χ2n) is 15.7. The summed E-state index contributed by atoms with van der Waals surface area (Å²) in [4.78, 5) is 4.80. The van der Waals surface area contributed by atoms with Gasteiger partial charge in [-0.1, -0.05) is 116 Å². The molecular weight excluding hydrogens is 723 g/mol. The predicted molar refractivity (Wildman–Crippen MR) is 243 cm³/mol. The van der Waals surface area contributed by atoms with Crippen molar-refractivity contribution in [3.63, 3.8) is 0 Å². The number of hydrogen-bond acceptors (Lipinski definition) is 5. The maximum Gasteiger partial charge on any atom is 0.151 e. The van der Waals surface area contributed by atoms with Crippen LogP contribution in [0.25, 0.3) is 66.1 Å². The average Bonchev–Trinajstić information content (AvgIpc) is 3.86. The minimum atomic E-state index is 0.590. The standard InChI is InChI=1S/C53H37BN2O3/c1-2-3-14-32-25-26-39(37(29-32)33-15-5-4-6-16-33)56(41-27-28-46-51(52(41)54)35-18-8-11-22-44(35)57-46)42-30-48-50(34-17-7-10-21-43(34)58-48)49-36-19-13-24-47-53(36)55(31-38(42)49)40-20-9-12-23-45(40)59-47/h4-13,15-30H,2-3,14,31H2,1H3. The molecule has 280 valence electrons. The van der Waals surface area contributed by atoms with Crippen molar-refractivity contribution in [2.45, 2.75) is 32.7 Å². The highest BCUT2D eigenvalue weighted by Crippen LogP contribution is 2.59. The highest BCUT2D eigenvalue weighted by molar-refractivity contribution is 6.45. The van der Waals surface area contributed by atoms with Gasteiger partial charge in [-0.05, 0) is 78.6 Å². The lowest BCUT2D eigenvalue weighted by Crippen LogP contribution is -2.28. The summed E-state index contributed by atoms with van der Waals surface area (Å²) >= 11 is 0.